The van der Waals surface area contributed by atoms with Crippen LogP contribution in [0.15, 0.2) is 54.6 Å². The summed E-state index contributed by atoms with van der Waals surface area (Å²) in [5, 5.41) is 9.30. The van der Waals surface area contributed by atoms with Crippen LogP contribution in [-0.4, -0.2) is 23.0 Å². The number of esters is 2. The van der Waals surface area contributed by atoms with E-state index in [-0.39, 0.29) is 17.7 Å². The maximum absolute atomic E-state index is 12.6. The minimum absolute atomic E-state index is 0.00208. The van der Waals surface area contributed by atoms with Crippen LogP contribution >= 0.6 is 0 Å². The summed E-state index contributed by atoms with van der Waals surface area (Å²) in [7, 11) is 0. The fourth-order valence-electron chi connectivity index (χ4n) is 2.20. The van der Waals surface area contributed by atoms with E-state index in [0.29, 0.717) is 5.56 Å². The number of carboxylic acid groups (broad SMARTS) is 1. The molecule has 0 spiro atoms. The van der Waals surface area contributed by atoms with Crippen LogP contribution in [-0.2, 0) is 19.9 Å². The van der Waals surface area contributed by atoms with Crippen LogP contribution in [0.3, 0.4) is 0 Å². The molecule has 0 aliphatic carbocycles. The molecule has 6 nitrogen and oxygen atoms in total. The highest BCUT2D eigenvalue weighted by molar-refractivity contribution is 5.93. The van der Waals surface area contributed by atoms with Gasteiger partial charge in [-0.1, -0.05) is 49.4 Å². The Labute approximate surface area is 145 Å². The van der Waals surface area contributed by atoms with Crippen LogP contribution < -0.4 is 4.74 Å². The number of ether oxygens (including phenoxy) is 2. The molecule has 0 aromatic heterocycles. The highest BCUT2D eigenvalue weighted by Gasteiger charge is 2.41. The van der Waals surface area contributed by atoms with Crippen LogP contribution in [0.5, 0.6) is 5.75 Å². The Morgan fingerprint density at radius 2 is 1.60 bits per heavy atom. The lowest BCUT2D eigenvalue weighted by Crippen LogP contribution is -2.41. The van der Waals surface area contributed by atoms with Gasteiger partial charge in [0.1, 0.15) is 11.3 Å². The Morgan fingerprint density at radius 1 is 1.00 bits per heavy atom. The maximum Gasteiger partial charge on any atom is 0.362 e. The number of benzene rings is 2. The first-order valence-electron chi connectivity index (χ1n) is 7.70. The Bertz CT molecular complexity index is 784. The Kier molecular flexibility index (Phi) is 5.54. The zero-order valence-corrected chi connectivity index (χ0v) is 13.9. The van der Waals surface area contributed by atoms with Crippen LogP contribution in [0.1, 0.15) is 36.2 Å². The Balaban J connectivity index is 2.48. The molecule has 2 aromatic carbocycles. The maximum atomic E-state index is 12.6. The topological polar surface area (TPSA) is 89.9 Å². The van der Waals surface area contributed by atoms with E-state index in [0.717, 1.165) is 0 Å². The van der Waals surface area contributed by atoms with Crippen molar-refractivity contribution in [3.05, 3.63) is 65.7 Å². The van der Waals surface area contributed by atoms with Gasteiger partial charge >= 0.3 is 17.9 Å². The minimum Gasteiger partial charge on any atom is -0.478 e. The summed E-state index contributed by atoms with van der Waals surface area (Å²) in [6.45, 7) is 3.00. The van der Waals surface area contributed by atoms with Crippen molar-refractivity contribution in [1.29, 1.82) is 0 Å². The van der Waals surface area contributed by atoms with E-state index in [1.807, 2.05) is 0 Å². The molecular weight excluding hydrogens is 324 g/mol. The highest BCUT2D eigenvalue weighted by atomic mass is 16.6. The van der Waals surface area contributed by atoms with Crippen molar-refractivity contribution in [3.63, 3.8) is 0 Å². The van der Waals surface area contributed by atoms with E-state index in [2.05, 4.69) is 0 Å². The molecule has 0 fully saturated rings. The molecular formula is C19H18O6. The molecule has 1 unspecified atom stereocenters. The summed E-state index contributed by atoms with van der Waals surface area (Å²) < 4.78 is 10.6. The van der Waals surface area contributed by atoms with E-state index in [9.17, 15) is 19.5 Å². The average Bonchev–Trinajstić information content (AvgIpc) is 2.62. The smallest absolute Gasteiger partial charge is 0.362 e. The van der Waals surface area contributed by atoms with Crippen molar-refractivity contribution in [2.45, 2.75) is 25.9 Å². The fourth-order valence-corrected chi connectivity index (χ4v) is 2.20. The third-order valence-corrected chi connectivity index (χ3v) is 3.64. The van der Waals surface area contributed by atoms with E-state index in [1.54, 1.807) is 49.4 Å². The van der Waals surface area contributed by atoms with Gasteiger partial charge in [-0.05, 0) is 19.1 Å². The van der Waals surface area contributed by atoms with Gasteiger partial charge < -0.3 is 14.6 Å². The fraction of sp³-hybridized carbons (Fsp3) is 0.211. The van der Waals surface area contributed by atoms with E-state index < -0.39 is 23.5 Å². The van der Waals surface area contributed by atoms with Gasteiger partial charge in [-0.15, -0.1) is 0 Å². The lowest BCUT2D eigenvalue weighted by Gasteiger charge is -2.29. The first-order valence-corrected chi connectivity index (χ1v) is 7.70. The zero-order valence-electron chi connectivity index (χ0n) is 13.9. The van der Waals surface area contributed by atoms with Gasteiger partial charge in [0.15, 0.2) is 0 Å². The van der Waals surface area contributed by atoms with Gasteiger partial charge in [-0.25, -0.2) is 9.59 Å². The SMILES string of the molecule is CCC(=O)OC(=O)C(C)(Oc1ccccc1C(=O)O)c1ccccc1. The number of carbonyl (C=O) groups is 3. The Hall–Kier alpha value is -3.15. The third kappa shape index (κ3) is 4.03. The van der Waals surface area contributed by atoms with Crippen LogP contribution in [0.4, 0.5) is 0 Å². The molecule has 0 saturated heterocycles. The van der Waals surface area contributed by atoms with Gasteiger partial charge in [-0.3, -0.25) is 4.79 Å². The summed E-state index contributed by atoms with van der Waals surface area (Å²) in [5.74, 6) is -2.79. The van der Waals surface area contributed by atoms with Crippen LogP contribution in [0.25, 0.3) is 0 Å². The second-order valence-corrected chi connectivity index (χ2v) is 5.42. The molecule has 0 aliphatic rings. The quantitative estimate of drug-likeness (QED) is 0.641. The summed E-state index contributed by atoms with van der Waals surface area (Å²) >= 11 is 0. The van der Waals surface area contributed by atoms with Crippen molar-refractivity contribution in [2.24, 2.45) is 0 Å². The van der Waals surface area contributed by atoms with Crippen molar-refractivity contribution >= 4 is 17.9 Å². The number of hydrogen-bond donors (Lipinski definition) is 1. The first kappa shape index (κ1) is 18.2. The number of hydrogen-bond acceptors (Lipinski definition) is 5. The van der Waals surface area contributed by atoms with Gasteiger partial charge in [0.2, 0.25) is 5.60 Å². The van der Waals surface area contributed by atoms with E-state index in [4.69, 9.17) is 9.47 Å². The van der Waals surface area contributed by atoms with Gasteiger partial charge in [0, 0.05) is 12.0 Å². The molecule has 0 aliphatic heterocycles. The highest BCUT2D eigenvalue weighted by Crippen LogP contribution is 2.31. The first-order chi connectivity index (χ1) is 11.9. The van der Waals surface area contributed by atoms with Gasteiger partial charge in [-0.2, -0.15) is 0 Å². The molecule has 130 valence electrons. The standard InChI is InChI=1S/C19H18O6/c1-3-16(20)24-18(23)19(2,13-9-5-4-6-10-13)25-15-12-8-7-11-14(15)17(21)22/h4-12H,3H2,1-2H3,(H,21,22). The molecule has 6 heteroatoms. The van der Waals surface area contributed by atoms with Crippen LogP contribution in [0.2, 0.25) is 0 Å². The number of para-hydroxylation sites is 1. The Morgan fingerprint density at radius 3 is 2.20 bits per heavy atom. The lowest BCUT2D eigenvalue weighted by atomic mass is 9.95. The summed E-state index contributed by atoms with van der Waals surface area (Å²) in [6.07, 6.45) is 0.0301. The number of rotatable bonds is 6. The third-order valence-electron chi connectivity index (χ3n) is 3.64. The molecule has 0 bridgehead atoms. The van der Waals surface area contributed by atoms with Crippen molar-refractivity contribution in [2.75, 3.05) is 0 Å². The number of carboxylic acids is 1. The second-order valence-electron chi connectivity index (χ2n) is 5.42. The molecule has 1 atom stereocenters. The average molecular weight is 342 g/mol. The number of carbonyl (C=O) groups excluding carboxylic acids is 2. The molecule has 0 amide bonds. The van der Waals surface area contributed by atoms with Crippen molar-refractivity contribution in [1.82, 2.24) is 0 Å². The van der Waals surface area contributed by atoms with E-state index >= 15 is 0 Å². The normalized spacial score (nSPS) is 12.7. The molecule has 2 rings (SSSR count). The molecule has 0 radical (unpaired) electrons. The minimum atomic E-state index is -1.68. The van der Waals surface area contributed by atoms with E-state index in [1.165, 1.54) is 19.1 Å². The molecule has 0 heterocycles. The summed E-state index contributed by atoms with van der Waals surface area (Å²) in [5.41, 5.74) is -1.35. The van der Waals surface area contributed by atoms with Crippen LogP contribution in [0, 0.1) is 0 Å². The second kappa shape index (κ2) is 7.61. The predicted octanol–water partition coefficient (Wildman–Crippen LogP) is 3.16. The monoisotopic (exact) mass is 342 g/mol. The molecule has 1 N–H and O–H groups in total. The van der Waals surface area contributed by atoms with Crippen molar-refractivity contribution in [3.8, 4) is 5.75 Å². The largest absolute Gasteiger partial charge is 0.478 e. The predicted molar refractivity (Wildman–Crippen MR) is 89.2 cm³/mol. The molecule has 0 saturated carbocycles. The number of aromatic carboxylic acids is 1. The summed E-state index contributed by atoms with van der Waals surface area (Å²) in [6, 6.07) is 14.4. The zero-order chi connectivity index (χ0) is 18.4. The molecule has 2 aromatic rings. The molecule has 25 heavy (non-hydrogen) atoms. The van der Waals surface area contributed by atoms with Crippen molar-refractivity contribution < 1.29 is 29.0 Å². The van der Waals surface area contributed by atoms with Gasteiger partial charge in [0.25, 0.3) is 0 Å². The lowest BCUT2D eigenvalue weighted by molar-refractivity contribution is -0.171. The van der Waals surface area contributed by atoms with Gasteiger partial charge in [0.05, 0.1) is 0 Å². The summed E-state index contributed by atoms with van der Waals surface area (Å²) in [4.78, 5) is 35.5.